The van der Waals surface area contributed by atoms with Gasteiger partial charge in [-0.3, -0.25) is 9.69 Å². The van der Waals surface area contributed by atoms with E-state index in [2.05, 4.69) is 27.5 Å². The first-order valence-electron chi connectivity index (χ1n) is 10.6. The van der Waals surface area contributed by atoms with Crippen LogP contribution in [0.3, 0.4) is 0 Å². The minimum absolute atomic E-state index is 0.0342. The van der Waals surface area contributed by atoms with Crippen molar-refractivity contribution in [2.24, 2.45) is 0 Å². The van der Waals surface area contributed by atoms with Crippen molar-refractivity contribution in [2.45, 2.75) is 25.7 Å². The van der Waals surface area contributed by atoms with Crippen LogP contribution in [0.2, 0.25) is 0 Å². The second-order valence-corrected chi connectivity index (χ2v) is 9.01. The number of halogens is 1. The SMILES string of the molecule is O=C(c1nn(-c2ccc(F)cc2)c2c1CCC2)N1CCN(CCc2cccs2)CC1. The third-order valence-electron chi connectivity index (χ3n) is 6.12. The fraction of sp³-hybridized carbons (Fsp3) is 0.391. The van der Waals surface area contributed by atoms with Crippen molar-refractivity contribution in [1.82, 2.24) is 19.6 Å². The molecule has 1 aliphatic carbocycles. The topological polar surface area (TPSA) is 41.4 Å². The van der Waals surface area contributed by atoms with Crippen molar-refractivity contribution in [1.29, 1.82) is 0 Å². The van der Waals surface area contributed by atoms with Crippen LogP contribution < -0.4 is 0 Å². The molecule has 1 aliphatic heterocycles. The largest absolute Gasteiger partial charge is 0.335 e. The molecule has 1 fully saturated rings. The van der Waals surface area contributed by atoms with Gasteiger partial charge in [-0.15, -0.1) is 11.3 Å². The van der Waals surface area contributed by atoms with Crippen LogP contribution >= 0.6 is 11.3 Å². The first-order valence-corrected chi connectivity index (χ1v) is 11.5. The van der Waals surface area contributed by atoms with Gasteiger partial charge in [0.2, 0.25) is 0 Å². The monoisotopic (exact) mass is 424 g/mol. The molecule has 2 aliphatic rings. The van der Waals surface area contributed by atoms with E-state index in [1.807, 2.05) is 9.58 Å². The lowest BCUT2D eigenvalue weighted by Crippen LogP contribution is -2.49. The van der Waals surface area contributed by atoms with Crippen LogP contribution in [0.1, 0.15) is 33.0 Å². The number of rotatable bonds is 5. The van der Waals surface area contributed by atoms with Crippen molar-refractivity contribution in [3.63, 3.8) is 0 Å². The second-order valence-electron chi connectivity index (χ2n) is 7.98. The number of thiophene rings is 1. The normalized spacial score (nSPS) is 16.8. The highest BCUT2D eigenvalue weighted by molar-refractivity contribution is 7.09. The van der Waals surface area contributed by atoms with Gasteiger partial charge in [0, 0.05) is 48.9 Å². The maximum atomic E-state index is 13.3. The molecule has 1 saturated heterocycles. The fourth-order valence-corrected chi connectivity index (χ4v) is 5.15. The van der Waals surface area contributed by atoms with E-state index in [0.717, 1.165) is 75.4 Å². The van der Waals surface area contributed by atoms with E-state index in [1.54, 1.807) is 23.5 Å². The number of nitrogens with zero attached hydrogens (tertiary/aromatic N) is 4. The molecule has 7 heteroatoms. The third-order valence-corrected chi connectivity index (χ3v) is 7.05. The molecule has 0 N–H and O–H groups in total. The molecule has 5 nitrogen and oxygen atoms in total. The maximum Gasteiger partial charge on any atom is 0.274 e. The van der Waals surface area contributed by atoms with Crippen LogP contribution in [0.5, 0.6) is 0 Å². The smallest absolute Gasteiger partial charge is 0.274 e. The molecule has 5 rings (SSSR count). The molecule has 0 bridgehead atoms. The van der Waals surface area contributed by atoms with Crippen LogP contribution in [0.4, 0.5) is 4.39 Å². The average Bonchev–Trinajstić information content (AvgIpc) is 3.51. The summed E-state index contributed by atoms with van der Waals surface area (Å²) >= 11 is 1.80. The van der Waals surface area contributed by atoms with Crippen LogP contribution in [0, 0.1) is 5.82 Å². The minimum atomic E-state index is -0.268. The van der Waals surface area contributed by atoms with E-state index in [-0.39, 0.29) is 11.7 Å². The Balaban J connectivity index is 1.28. The zero-order valence-corrected chi connectivity index (χ0v) is 17.7. The van der Waals surface area contributed by atoms with Crippen molar-refractivity contribution in [2.75, 3.05) is 32.7 Å². The van der Waals surface area contributed by atoms with Crippen LogP contribution in [-0.4, -0.2) is 58.2 Å². The van der Waals surface area contributed by atoms with E-state index >= 15 is 0 Å². The molecular weight excluding hydrogens is 399 g/mol. The molecule has 30 heavy (non-hydrogen) atoms. The van der Waals surface area contributed by atoms with Gasteiger partial charge < -0.3 is 4.90 Å². The Labute approximate surface area is 179 Å². The Hall–Kier alpha value is -2.51. The number of benzene rings is 1. The Morgan fingerprint density at radius 1 is 1.07 bits per heavy atom. The Morgan fingerprint density at radius 3 is 2.60 bits per heavy atom. The number of carbonyl (C=O) groups is 1. The number of carbonyl (C=O) groups excluding carboxylic acids is 1. The highest BCUT2D eigenvalue weighted by Gasteiger charge is 2.31. The summed E-state index contributed by atoms with van der Waals surface area (Å²) in [6, 6.07) is 10.6. The zero-order valence-electron chi connectivity index (χ0n) is 16.9. The zero-order chi connectivity index (χ0) is 20.5. The first-order chi connectivity index (χ1) is 14.7. The Kier molecular flexibility index (Phi) is 5.39. The standard InChI is InChI=1S/C23H25FN4OS/c24-17-6-8-18(9-7-17)28-21-5-1-4-20(21)22(25-28)23(29)27-14-12-26(13-15-27)11-10-19-3-2-16-30-19/h2-3,6-9,16H,1,4-5,10-15H2. The van der Waals surface area contributed by atoms with Gasteiger partial charge in [0.15, 0.2) is 5.69 Å². The second kappa shape index (κ2) is 8.32. The maximum absolute atomic E-state index is 13.3. The van der Waals surface area contributed by atoms with E-state index in [9.17, 15) is 9.18 Å². The van der Waals surface area contributed by atoms with E-state index in [1.165, 1.54) is 17.0 Å². The average molecular weight is 425 g/mol. The summed E-state index contributed by atoms with van der Waals surface area (Å²) in [6.07, 6.45) is 3.90. The quantitative estimate of drug-likeness (QED) is 0.629. The summed E-state index contributed by atoms with van der Waals surface area (Å²) in [7, 11) is 0. The number of aromatic nitrogens is 2. The van der Waals surface area contributed by atoms with Gasteiger partial charge in [0.05, 0.1) is 5.69 Å². The highest BCUT2D eigenvalue weighted by atomic mass is 32.1. The molecule has 3 heterocycles. The lowest BCUT2D eigenvalue weighted by atomic mass is 10.1. The molecule has 0 saturated carbocycles. The van der Waals surface area contributed by atoms with Crippen molar-refractivity contribution >= 4 is 17.2 Å². The van der Waals surface area contributed by atoms with Gasteiger partial charge in [-0.25, -0.2) is 9.07 Å². The Bertz CT molecular complexity index is 1020. The van der Waals surface area contributed by atoms with Gasteiger partial charge >= 0.3 is 0 Å². The Morgan fingerprint density at radius 2 is 1.87 bits per heavy atom. The van der Waals surface area contributed by atoms with Crippen molar-refractivity contribution < 1.29 is 9.18 Å². The molecule has 2 aromatic heterocycles. The van der Waals surface area contributed by atoms with Crippen molar-refractivity contribution in [3.05, 3.63) is 69.4 Å². The summed E-state index contributed by atoms with van der Waals surface area (Å²) in [5.74, 6) is -0.234. The van der Waals surface area contributed by atoms with Crippen LogP contribution in [0.25, 0.3) is 5.69 Å². The van der Waals surface area contributed by atoms with Gasteiger partial charge in [-0.05, 0) is 61.4 Å². The summed E-state index contributed by atoms with van der Waals surface area (Å²) in [4.78, 5) is 19.1. The molecule has 0 unspecified atom stereocenters. The first kappa shape index (κ1) is 19.5. The summed E-state index contributed by atoms with van der Waals surface area (Å²) < 4.78 is 15.2. The summed E-state index contributed by atoms with van der Waals surface area (Å²) in [6.45, 7) is 4.32. The van der Waals surface area contributed by atoms with Gasteiger partial charge in [-0.2, -0.15) is 5.10 Å². The number of piperazine rings is 1. The number of hydrogen-bond acceptors (Lipinski definition) is 4. The van der Waals surface area contributed by atoms with Gasteiger partial charge in [0.25, 0.3) is 5.91 Å². The summed E-state index contributed by atoms with van der Waals surface area (Å²) in [5.41, 5.74) is 3.56. The molecule has 0 atom stereocenters. The number of amides is 1. The summed E-state index contributed by atoms with van der Waals surface area (Å²) in [5, 5.41) is 6.81. The van der Waals surface area contributed by atoms with Crippen LogP contribution in [-0.2, 0) is 19.3 Å². The lowest BCUT2D eigenvalue weighted by Gasteiger charge is -2.34. The minimum Gasteiger partial charge on any atom is -0.335 e. The van der Waals surface area contributed by atoms with E-state index in [0.29, 0.717) is 5.69 Å². The molecular formula is C23H25FN4OS. The molecule has 156 valence electrons. The number of fused-ring (bicyclic) bond motifs is 1. The van der Waals surface area contributed by atoms with E-state index in [4.69, 9.17) is 0 Å². The highest BCUT2D eigenvalue weighted by Crippen LogP contribution is 2.29. The van der Waals surface area contributed by atoms with E-state index < -0.39 is 0 Å². The molecule has 0 radical (unpaired) electrons. The van der Waals surface area contributed by atoms with Crippen molar-refractivity contribution in [3.8, 4) is 5.69 Å². The van der Waals surface area contributed by atoms with Crippen LogP contribution in [0.15, 0.2) is 41.8 Å². The number of hydrogen-bond donors (Lipinski definition) is 0. The van der Waals surface area contributed by atoms with Gasteiger partial charge in [-0.1, -0.05) is 6.07 Å². The van der Waals surface area contributed by atoms with Gasteiger partial charge in [0.1, 0.15) is 5.82 Å². The molecule has 1 aromatic carbocycles. The molecule has 0 spiro atoms. The predicted molar refractivity (Wildman–Crippen MR) is 116 cm³/mol. The molecule has 1 amide bonds. The molecule has 3 aromatic rings. The fourth-order valence-electron chi connectivity index (χ4n) is 4.45. The third kappa shape index (κ3) is 3.79. The lowest BCUT2D eigenvalue weighted by molar-refractivity contribution is 0.0631. The predicted octanol–water partition coefficient (Wildman–Crippen LogP) is 3.56.